The molecule has 3 amide bonds. The lowest BCUT2D eigenvalue weighted by molar-refractivity contribution is -0.126. The summed E-state index contributed by atoms with van der Waals surface area (Å²) in [5, 5.41) is 8.10. The van der Waals surface area contributed by atoms with Crippen LogP contribution in [0.4, 0.5) is 4.79 Å². The topological polar surface area (TPSA) is 70.2 Å². The largest absolute Gasteiger partial charge is 0.334 e. The number of piperidine rings is 1. The molecule has 2 aliphatic heterocycles. The van der Waals surface area contributed by atoms with Crippen LogP contribution < -0.4 is 16.0 Å². The van der Waals surface area contributed by atoms with E-state index in [2.05, 4.69) is 16.0 Å². The van der Waals surface area contributed by atoms with Crippen molar-refractivity contribution >= 4 is 24.3 Å². The Morgan fingerprint density at radius 1 is 1.31 bits per heavy atom. The Morgan fingerprint density at radius 3 is 2.85 bits per heavy atom. The normalized spacial score (nSPS) is 32.3. The van der Waals surface area contributed by atoms with E-state index >= 15 is 0 Å². The van der Waals surface area contributed by atoms with E-state index in [0.29, 0.717) is 6.54 Å². The van der Waals surface area contributed by atoms with E-state index in [4.69, 9.17) is 0 Å². The fraction of sp³-hybridized carbons (Fsp3) is 0.714. The average molecular weight is 206 g/mol. The number of hydrogen-bond acceptors (Lipinski definition) is 3. The lowest BCUT2D eigenvalue weighted by atomic mass is 9.91. The Labute approximate surface area is 82.0 Å². The van der Waals surface area contributed by atoms with Crippen molar-refractivity contribution in [3.8, 4) is 0 Å². The molecule has 13 heavy (non-hydrogen) atoms. The van der Waals surface area contributed by atoms with Gasteiger partial charge in [-0.3, -0.25) is 10.1 Å². The molecule has 0 radical (unpaired) electrons. The van der Waals surface area contributed by atoms with Crippen molar-refractivity contribution in [3.63, 3.8) is 0 Å². The average Bonchev–Trinajstić information content (AvgIpc) is 2.04. The third kappa shape index (κ3) is 1.92. The number of carbonyl (C=O) groups is 2. The second kappa shape index (κ2) is 3.93. The van der Waals surface area contributed by atoms with Crippen LogP contribution in [0, 0.1) is 5.92 Å². The number of amides is 3. The number of imide groups is 1. The molecule has 0 saturated carbocycles. The van der Waals surface area contributed by atoms with E-state index < -0.39 is 0 Å². The van der Waals surface area contributed by atoms with Gasteiger partial charge in [-0.15, -0.1) is 12.4 Å². The van der Waals surface area contributed by atoms with Crippen LogP contribution in [0.25, 0.3) is 0 Å². The van der Waals surface area contributed by atoms with E-state index in [0.717, 1.165) is 13.0 Å². The molecule has 0 spiro atoms. The summed E-state index contributed by atoms with van der Waals surface area (Å²) in [5.41, 5.74) is 0. The van der Waals surface area contributed by atoms with E-state index in [-0.39, 0.29) is 36.3 Å². The SMILES string of the molecule is Cl.O=C1NC(=O)C2CNCCC2N1. The third-order valence-electron chi connectivity index (χ3n) is 2.37. The van der Waals surface area contributed by atoms with Gasteiger partial charge in [-0.1, -0.05) is 0 Å². The van der Waals surface area contributed by atoms with Gasteiger partial charge in [0.15, 0.2) is 0 Å². The van der Waals surface area contributed by atoms with Gasteiger partial charge in [-0.2, -0.15) is 0 Å². The van der Waals surface area contributed by atoms with Crippen molar-refractivity contribution in [2.24, 2.45) is 5.92 Å². The first kappa shape index (κ1) is 10.3. The zero-order valence-corrected chi connectivity index (χ0v) is 7.82. The number of urea groups is 1. The minimum Gasteiger partial charge on any atom is -0.334 e. The van der Waals surface area contributed by atoms with Gasteiger partial charge in [0.1, 0.15) is 0 Å². The summed E-state index contributed by atoms with van der Waals surface area (Å²) >= 11 is 0. The fourth-order valence-electron chi connectivity index (χ4n) is 1.72. The molecule has 0 aliphatic carbocycles. The summed E-state index contributed by atoms with van der Waals surface area (Å²) in [4.78, 5) is 22.1. The number of carbonyl (C=O) groups excluding carboxylic acids is 2. The molecule has 0 aromatic heterocycles. The highest BCUT2D eigenvalue weighted by molar-refractivity contribution is 5.98. The van der Waals surface area contributed by atoms with E-state index in [1.54, 1.807) is 0 Å². The lowest BCUT2D eigenvalue weighted by Crippen LogP contribution is -2.62. The molecular weight excluding hydrogens is 194 g/mol. The van der Waals surface area contributed by atoms with Gasteiger partial charge in [-0.05, 0) is 13.0 Å². The Balaban J connectivity index is 0.000000845. The van der Waals surface area contributed by atoms with Crippen molar-refractivity contribution in [2.75, 3.05) is 13.1 Å². The van der Waals surface area contributed by atoms with Crippen LogP contribution >= 0.6 is 12.4 Å². The number of nitrogens with one attached hydrogen (secondary N) is 3. The first-order chi connectivity index (χ1) is 5.77. The monoisotopic (exact) mass is 205 g/mol. The van der Waals surface area contributed by atoms with Crippen molar-refractivity contribution < 1.29 is 9.59 Å². The summed E-state index contributed by atoms with van der Waals surface area (Å²) in [6, 6.07) is -0.323. The highest BCUT2D eigenvalue weighted by Crippen LogP contribution is 2.14. The molecule has 0 aromatic carbocycles. The quantitative estimate of drug-likeness (QED) is 0.486. The molecule has 2 saturated heterocycles. The maximum absolute atomic E-state index is 11.2. The summed E-state index contributed by atoms with van der Waals surface area (Å²) in [5.74, 6) is -0.243. The van der Waals surface area contributed by atoms with E-state index in [9.17, 15) is 9.59 Å². The second-order valence-electron chi connectivity index (χ2n) is 3.17. The molecule has 6 heteroatoms. The van der Waals surface area contributed by atoms with Crippen LogP contribution in [0.5, 0.6) is 0 Å². The molecule has 2 rings (SSSR count). The summed E-state index contributed by atoms with van der Waals surface area (Å²) in [6.07, 6.45) is 0.837. The van der Waals surface area contributed by atoms with Gasteiger partial charge in [0, 0.05) is 12.6 Å². The van der Waals surface area contributed by atoms with Crippen molar-refractivity contribution in [2.45, 2.75) is 12.5 Å². The molecule has 2 aliphatic rings. The summed E-state index contributed by atoms with van der Waals surface area (Å²) in [6.45, 7) is 1.53. The predicted octanol–water partition coefficient (Wildman–Crippen LogP) is -0.774. The Morgan fingerprint density at radius 2 is 2.08 bits per heavy atom. The maximum atomic E-state index is 11.2. The zero-order chi connectivity index (χ0) is 8.55. The number of fused-ring (bicyclic) bond motifs is 1. The van der Waals surface area contributed by atoms with Crippen LogP contribution in [-0.2, 0) is 4.79 Å². The molecule has 0 bridgehead atoms. The number of rotatable bonds is 0. The predicted molar refractivity (Wildman–Crippen MR) is 48.7 cm³/mol. The van der Waals surface area contributed by atoms with Crippen LogP contribution in [0.1, 0.15) is 6.42 Å². The van der Waals surface area contributed by atoms with Gasteiger partial charge in [0.25, 0.3) is 0 Å². The minimum absolute atomic E-state index is 0. The smallest absolute Gasteiger partial charge is 0.321 e. The van der Waals surface area contributed by atoms with Gasteiger partial charge in [0.2, 0.25) is 5.91 Å². The number of hydrogen-bond donors (Lipinski definition) is 3. The molecule has 0 aromatic rings. The Hall–Kier alpha value is -0.810. The van der Waals surface area contributed by atoms with Crippen molar-refractivity contribution in [1.29, 1.82) is 0 Å². The van der Waals surface area contributed by atoms with Crippen LogP contribution in [0.2, 0.25) is 0 Å². The van der Waals surface area contributed by atoms with E-state index in [1.165, 1.54) is 0 Å². The van der Waals surface area contributed by atoms with Crippen molar-refractivity contribution in [3.05, 3.63) is 0 Å². The standard InChI is InChI=1S/C7H11N3O2.ClH/c11-6-4-3-8-2-1-5(4)9-7(12)10-6;/h4-5,8H,1-3H2,(H2,9,10,11,12);1H. The van der Waals surface area contributed by atoms with Crippen molar-refractivity contribution in [1.82, 2.24) is 16.0 Å². The molecule has 74 valence electrons. The molecular formula is C7H12ClN3O2. The summed E-state index contributed by atoms with van der Waals surface area (Å²) in [7, 11) is 0. The molecule has 2 heterocycles. The van der Waals surface area contributed by atoms with E-state index in [1.807, 2.05) is 0 Å². The first-order valence-electron chi connectivity index (χ1n) is 4.09. The van der Waals surface area contributed by atoms with Crippen LogP contribution in [0.3, 0.4) is 0 Å². The van der Waals surface area contributed by atoms with Crippen LogP contribution in [0.15, 0.2) is 0 Å². The Bertz CT molecular complexity index is 234. The third-order valence-corrected chi connectivity index (χ3v) is 2.37. The van der Waals surface area contributed by atoms with Gasteiger partial charge in [0.05, 0.1) is 5.92 Å². The Kier molecular flexibility index (Phi) is 3.11. The van der Waals surface area contributed by atoms with Gasteiger partial charge >= 0.3 is 6.03 Å². The molecule has 5 nitrogen and oxygen atoms in total. The molecule has 2 atom stereocenters. The minimum atomic E-state index is -0.358. The molecule has 2 fully saturated rings. The maximum Gasteiger partial charge on any atom is 0.321 e. The second-order valence-corrected chi connectivity index (χ2v) is 3.17. The van der Waals surface area contributed by atoms with Crippen LogP contribution in [-0.4, -0.2) is 31.1 Å². The highest BCUT2D eigenvalue weighted by Gasteiger charge is 2.36. The first-order valence-corrected chi connectivity index (χ1v) is 4.09. The molecule has 3 N–H and O–H groups in total. The fourth-order valence-corrected chi connectivity index (χ4v) is 1.72. The van der Waals surface area contributed by atoms with Gasteiger partial charge in [-0.25, -0.2) is 4.79 Å². The lowest BCUT2D eigenvalue weighted by Gasteiger charge is -2.35. The number of halogens is 1. The highest BCUT2D eigenvalue weighted by atomic mass is 35.5. The molecule has 2 unspecified atom stereocenters. The zero-order valence-electron chi connectivity index (χ0n) is 7.00. The van der Waals surface area contributed by atoms with Gasteiger partial charge < -0.3 is 10.6 Å². The summed E-state index contributed by atoms with van der Waals surface area (Å²) < 4.78 is 0.